The summed E-state index contributed by atoms with van der Waals surface area (Å²) in [6.45, 7) is 3.44. The Labute approximate surface area is 329 Å². The van der Waals surface area contributed by atoms with Crippen LogP contribution in [0.3, 0.4) is 0 Å². The summed E-state index contributed by atoms with van der Waals surface area (Å²) in [5.74, 6) is -2.06. The monoisotopic (exact) mass is 796 g/mol. The molecule has 4 N–H and O–H groups in total. The van der Waals surface area contributed by atoms with Crippen LogP contribution >= 0.6 is 0 Å². The van der Waals surface area contributed by atoms with Gasteiger partial charge in [-0.3, -0.25) is 14.1 Å². The van der Waals surface area contributed by atoms with Crippen molar-refractivity contribution in [2.45, 2.75) is 160 Å². The first-order chi connectivity index (χ1) is 26.5. The number of carbonyl (C=O) groups is 2. The first-order valence-corrected chi connectivity index (χ1v) is 21.7. The summed E-state index contributed by atoms with van der Waals surface area (Å²) in [5, 5.41) is 30.8. The summed E-state index contributed by atoms with van der Waals surface area (Å²) in [6, 6.07) is 0. The lowest BCUT2D eigenvalue weighted by atomic mass is 10.00. The van der Waals surface area contributed by atoms with E-state index in [-0.39, 0.29) is 19.4 Å². The lowest BCUT2D eigenvalue weighted by Crippen LogP contribution is -2.60. The molecule has 0 spiro atoms. The molecular formula is C42H68O12S. The number of ether oxygens (including phenoxy) is 4. The van der Waals surface area contributed by atoms with Gasteiger partial charge in [0, 0.05) is 12.8 Å². The summed E-state index contributed by atoms with van der Waals surface area (Å²) in [6.07, 6.45) is 29.6. The minimum atomic E-state index is -4.61. The third kappa shape index (κ3) is 27.4. The van der Waals surface area contributed by atoms with Gasteiger partial charge in [0.05, 0.1) is 6.61 Å². The lowest BCUT2D eigenvalue weighted by molar-refractivity contribution is -0.297. The Morgan fingerprint density at radius 1 is 0.636 bits per heavy atom. The van der Waals surface area contributed by atoms with Crippen molar-refractivity contribution in [1.82, 2.24) is 0 Å². The van der Waals surface area contributed by atoms with Crippen LogP contribution in [-0.4, -0.2) is 96.0 Å². The molecule has 55 heavy (non-hydrogen) atoms. The molecule has 1 aliphatic rings. The van der Waals surface area contributed by atoms with Crippen molar-refractivity contribution >= 4 is 22.1 Å². The number of allylic oxidation sites excluding steroid dienone is 12. The molecular weight excluding hydrogens is 729 g/mol. The molecule has 0 aromatic heterocycles. The SMILES string of the molecule is CC/C=C/C=C/C=C/C=C/CCCCCC(=O)OC(COC(=O)CCCCCCCCC/C=C/C/C=C/CC)CO[C@H]1O[C@H](CS(=O)(=O)O)[C@@H](O)C(O)C1O. The number of aliphatic hydroxyl groups excluding tert-OH is 3. The van der Waals surface area contributed by atoms with Gasteiger partial charge in [0.25, 0.3) is 10.1 Å². The summed E-state index contributed by atoms with van der Waals surface area (Å²) in [7, 11) is -4.61. The molecule has 6 atom stereocenters. The summed E-state index contributed by atoms with van der Waals surface area (Å²) >= 11 is 0. The van der Waals surface area contributed by atoms with Crippen molar-refractivity contribution < 1.29 is 56.8 Å². The molecule has 0 aliphatic carbocycles. The van der Waals surface area contributed by atoms with E-state index in [2.05, 4.69) is 50.3 Å². The molecule has 314 valence electrons. The maximum Gasteiger partial charge on any atom is 0.306 e. The number of aliphatic hydroxyl groups is 3. The zero-order chi connectivity index (χ0) is 40.6. The van der Waals surface area contributed by atoms with Crippen molar-refractivity contribution in [2.75, 3.05) is 19.0 Å². The van der Waals surface area contributed by atoms with Crippen LogP contribution in [0.5, 0.6) is 0 Å². The normalized spacial score (nSPS) is 21.6. The lowest BCUT2D eigenvalue weighted by Gasteiger charge is -2.40. The number of rotatable bonds is 31. The van der Waals surface area contributed by atoms with Crippen LogP contribution in [0.15, 0.2) is 72.9 Å². The fourth-order valence-corrected chi connectivity index (χ4v) is 6.24. The first-order valence-electron chi connectivity index (χ1n) is 20.0. The standard InChI is InChI=1S/C42H68O12S/c1-3-5-7-9-11-13-15-17-19-20-22-24-26-28-30-37(43)51-32-35(33-52-42-41(47)40(46)39(45)36(54-42)34-55(48,49)50)53-38(44)31-29-27-25-23-21-18-16-14-12-10-8-6-4-2/h5-8,10-14,16,18,21,35-36,39-42,45-47H,3-4,9,15,17,19-20,22-34H2,1-2H3,(H,48,49,50)/b7-5+,8-6+,12-10+,13-11+,16-14+,21-18+/t35?,36-,39-,40?,41?,42+/m1/s1. The number of unbranched alkanes of at least 4 members (excludes halogenated alkanes) is 10. The number of hydrogen-bond donors (Lipinski definition) is 4. The van der Waals surface area contributed by atoms with Gasteiger partial charge in [-0.1, -0.05) is 125 Å². The largest absolute Gasteiger partial charge is 0.462 e. The Bertz CT molecular complexity index is 1300. The van der Waals surface area contributed by atoms with E-state index in [4.69, 9.17) is 18.9 Å². The maximum absolute atomic E-state index is 12.7. The van der Waals surface area contributed by atoms with Crippen LogP contribution < -0.4 is 0 Å². The molecule has 1 heterocycles. The molecule has 0 aromatic rings. The van der Waals surface area contributed by atoms with Crippen LogP contribution in [0.1, 0.15) is 123 Å². The van der Waals surface area contributed by atoms with E-state index >= 15 is 0 Å². The van der Waals surface area contributed by atoms with E-state index < -0.39 is 71.2 Å². The second-order valence-corrected chi connectivity index (χ2v) is 15.1. The molecule has 0 saturated carbocycles. The molecule has 0 bridgehead atoms. The van der Waals surface area contributed by atoms with Gasteiger partial charge >= 0.3 is 11.9 Å². The molecule has 1 saturated heterocycles. The Balaban J connectivity index is 2.54. The van der Waals surface area contributed by atoms with E-state index in [9.17, 15) is 37.9 Å². The maximum atomic E-state index is 12.7. The van der Waals surface area contributed by atoms with Crippen LogP contribution in [-0.2, 0) is 38.7 Å². The molecule has 1 fully saturated rings. The summed E-state index contributed by atoms with van der Waals surface area (Å²) in [4.78, 5) is 25.3. The number of carbonyl (C=O) groups excluding carboxylic acids is 2. The van der Waals surface area contributed by atoms with Gasteiger partial charge in [-0.2, -0.15) is 8.42 Å². The van der Waals surface area contributed by atoms with Gasteiger partial charge in [-0.05, 0) is 57.8 Å². The number of hydrogen-bond acceptors (Lipinski definition) is 11. The third-order valence-corrected chi connectivity index (χ3v) is 9.38. The molecule has 12 nitrogen and oxygen atoms in total. The van der Waals surface area contributed by atoms with Crippen molar-refractivity contribution in [3.63, 3.8) is 0 Å². The quantitative estimate of drug-likeness (QED) is 0.0183. The van der Waals surface area contributed by atoms with Crippen LogP contribution in [0, 0.1) is 0 Å². The minimum absolute atomic E-state index is 0.112. The Morgan fingerprint density at radius 2 is 1.18 bits per heavy atom. The average molecular weight is 797 g/mol. The predicted octanol–water partition coefficient (Wildman–Crippen LogP) is 7.16. The Morgan fingerprint density at radius 3 is 1.84 bits per heavy atom. The highest BCUT2D eigenvalue weighted by Gasteiger charge is 2.46. The second kappa shape index (κ2) is 32.2. The second-order valence-electron chi connectivity index (χ2n) is 13.6. The highest BCUT2D eigenvalue weighted by atomic mass is 32.2. The highest BCUT2D eigenvalue weighted by molar-refractivity contribution is 7.85. The molecule has 1 aliphatic heterocycles. The van der Waals surface area contributed by atoms with Crippen molar-refractivity contribution in [2.24, 2.45) is 0 Å². The van der Waals surface area contributed by atoms with Crippen LogP contribution in [0.4, 0.5) is 0 Å². The molecule has 0 radical (unpaired) electrons. The summed E-state index contributed by atoms with van der Waals surface area (Å²) in [5.41, 5.74) is 0. The van der Waals surface area contributed by atoms with E-state index in [0.29, 0.717) is 12.8 Å². The molecule has 3 unspecified atom stereocenters. The van der Waals surface area contributed by atoms with Crippen molar-refractivity contribution in [3.05, 3.63) is 72.9 Å². The van der Waals surface area contributed by atoms with Gasteiger partial charge < -0.3 is 34.3 Å². The molecule has 0 amide bonds. The Kier molecular flexibility index (Phi) is 29.3. The first kappa shape index (κ1) is 50.1. The zero-order valence-electron chi connectivity index (χ0n) is 33.0. The van der Waals surface area contributed by atoms with Crippen LogP contribution in [0.2, 0.25) is 0 Å². The van der Waals surface area contributed by atoms with Crippen molar-refractivity contribution in [3.8, 4) is 0 Å². The average Bonchev–Trinajstić information content (AvgIpc) is 3.14. The fraction of sp³-hybridized carbons (Fsp3) is 0.667. The van der Waals surface area contributed by atoms with E-state index in [0.717, 1.165) is 70.6 Å². The predicted molar refractivity (Wildman–Crippen MR) is 215 cm³/mol. The van der Waals surface area contributed by atoms with Gasteiger partial charge in [-0.25, -0.2) is 0 Å². The van der Waals surface area contributed by atoms with Crippen molar-refractivity contribution in [1.29, 1.82) is 0 Å². The van der Waals surface area contributed by atoms with E-state index in [1.165, 1.54) is 12.8 Å². The van der Waals surface area contributed by atoms with E-state index in [1.54, 1.807) is 0 Å². The van der Waals surface area contributed by atoms with E-state index in [1.807, 2.05) is 36.5 Å². The number of esters is 2. The van der Waals surface area contributed by atoms with Gasteiger partial charge in [0.1, 0.15) is 36.8 Å². The summed E-state index contributed by atoms with van der Waals surface area (Å²) < 4.78 is 53.8. The van der Waals surface area contributed by atoms with Gasteiger partial charge in [-0.15, -0.1) is 0 Å². The van der Waals surface area contributed by atoms with Gasteiger partial charge in [0.2, 0.25) is 0 Å². The molecule has 1 rings (SSSR count). The molecule has 0 aromatic carbocycles. The zero-order valence-corrected chi connectivity index (χ0v) is 33.8. The fourth-order valence-electron chi connectivity index (χ4n) is 5.55. The van der Waals surface area contributed by atoms with Crippen LogP contribution in [0.25, 0.3) is 0 Å². The topological polar surface area (TPSA) is 186 Å². The van der Waals surface area contributed by atoms with Gasteiger partial charge in [0.15, 0.2) is 12.4 Å². The smallest absolute Gasteiger partial charge is 0.306 e. The highest BCUT2D eigenvalue weighted by Crippen LogP contribution is 2.24. The third-order valence-electron chi connectivity index (χ3n) is 8.63. The molecule has 13 heteroatoms. The Hall–Kier alpha value is -2.91. The minimum Gasteiger partial charge on any atom is -0.462 e.